The normalized spacial score (nSPS) is 28.2. The average Bonchev–Trinajstić information content (AvgIpc) is 3.12. The van der Waals surface area contributed by atoms with Crippen molar-refractivity contribution in [2.75, 3.05) is 32.1 Å². The van der Waals surface area contributed by atoms with Crippen molar-refractivity contribution in [1.82, 2.24) is 4.31 Å². The SMILES string of the molecule is CC1(C)C2CCC1(CS(=O)(=O)N1CCOCC1)/C(=N/OC(=O)c1ccc([N+](=O)[O-])cc1Cl)C2. The molecular weight excluding hydrogens is 474 g/mol. The summed E-state index contributed by atoms with van der Waals surface area (Å²) in [6.07, 6.45) is 2.07. The average molecular weight is 500 g/mol. The van der Waals surface area contributed by atoms with Crippen molar-refractivity contribution in [1.29, 1.82) is 0 Å². The Balaban J connectivity index is 1.59. The van der Waals surface area contributed by atoms with Crippen LogP contribution in [0.25, 0.3) is 0 Å². The zero-order valence-corrected chi connectivity index (χ0v) is 20.0. The molecule has 1 aliphatic heterocycles. The second-order valence-electron chi connectivity index (χ2n) is 9.35. The van der Waals surface area contributed by atoms with Gasteiger partial charge in [0.25, 0.3) is 5.69 Å². The minimum Gasteiger partial charge on any atom is -0.379 e. The van der Waals surface area contributed by atoms with E-state index in [9.17, 15) is 23.3 Å². The van der Waals surface area contributed by atoms with Crippen LogP contribution in [-0.2, 0) is 19.6 Å². The highest BCUT2D eigenvalue weighted by Gasteiger charge is 2.64. The van der Waals surface area contributed by atoms with Crippen LogP contribution >= 0.6 is 11.6 Å². The minimum absolute atomic E-state index is 0.0518. The molecule has 2 bridgehead atoms. The van der Waals surface area contributed by atoms with Crippen LogP contribution in [0.15, 0.2) is 23.4 Å². The van der Waals surface area contributed by atoms with E-state index >= 15 is 0 Å². The molecule has 0 amide bonds. The second-order valence-corrected chi connectivity index (χ2v) is 11.7. The van der Waals surface area contributed by atoms with Crippen molar-refractivity contribution >= 4 is 39.0 Å². The Labute approximate surface area is 197 Å². The molecule has 2 unspecified atom stereocenters. The van der Waals surface area contributed by atoms with E-state index < -0.39 is 26.3 Å². The Hall–Kier alpha value is -2.08. The van der Waals surface area contributed by atoms with Crippen LogP contribution in [-0.4, -0.2) is 61.4 Å². The van der Waals surface area contributed by atoms with Crippen molar-refractivity contribution in [3.8, 4) is 0 Å². The molecule has 1 aromatic carbocycles. The summed E-state index contributed by atoms with van der Waals surface area (Å²) in [6, 6.07) is 3.45. The van der Waals surface area contributed by atoms with Gasteiger partial charge in [-0.25, -0.2) is 13.2 Å². The van der Waals surface area contributed by atoms with Crippen molar-refractivity contribution in [3.05, 3.63) is 38.9 Å². The summed E-state index contributed by atoms with van der Waals surface area (Å²) >= 11 is 6.02. The number of halogens is 1. The number of morpholine rings is 1. The van der Waals surface area contributed by atoms with E-state index in [1.165, 1.54) is 10.4 Å². The number of carbonyl (C=O) groups excluding carboxylic acids is 1. The number of oxime groups is 1. The summed E-state index contributed by atoms with van der Waals surface area (Å²) in [6.45, 7) is 5.48. The fourth-order valence-corrected chi connectivity index (χ4v) is 7.86. The number of nitro benzene ring substituents is 1. The lowest BCUT2D eigenvalue weighted by Gasteiger charge is -2.39. The van der Waals surface area contributed by atoms with Gasteiger partial charge in [-0.3, -0.25) is 10.1 Å². The highest BCUT2D eigenvalue weighted by atomic mass is 35.5. The molecule has 180 valence electrons. The van der Waals surface area contributed by atoms with Gasteiger partial charge < -0.3 is 9.57 Å². The second kappa shape index (κ2) is 8.61. The molecule has 3 fully saturated rings. The maximum absolute atomic E-state index is 13.3. The maximum atomic E-state index is 13.3. The molecule has 0 N–H and O–H groups in total. The molecular formula is C21H26ClN3O7S. The smallest absolute Gasteiger partial charge is 0.367 e. The molecule has 0 spiro atoms. The fraction of sp³-hybridized carbons (Fsp3) is 0.619. The van der Waals surface area contributed by atoms with Gasteiger partial charge in [0, 0.05) is 30.6 Å². The molecule has 10 nitrogen and oxygen atoms in total. The molecule has 0 aromatic heterocycles. The summed E-state index contributed by atoms with van der Waals surface area (Å²) in [5, 5.41) is 14.9. The van der Waals surface area contributed by atoms with Crippen LogP contribution in [0.5, 0.6) is 0 Å². The predicted molar refractivity (Wildman–Crippen MR) is 121 cm³/mol. The molecule has 2 aliphatic carbocycles. The standard InChI is InChI=1S/C21H26ClN3O7S/c1-20(2)14-5-6-21(20,13-33(29,30)24-7-9-31-10-8-24)18(11-14)23-32-19(26)16-4-3-15(25(27)28)12-17(16)22/h3-4,12,14H,5-11,13H2,1-2H3/b23-18+. The molecule has 0 radical (unpaired) electrons. The summed E-state index contributed by atoms with van der Waals surface area (Å²) < 4.78 is 33.3. The lowest BCUT2D eigenvalue weighted by Crippen LogP contribution is -2.49. The number of carbonyl (C=O) groups is 1. The number of non-ortho nitro benzene ring substituents is 1. The first kappa shape index (κ1) is 24.1. The Morgan fingerprint density at radius 1 is 1.36 bits per heavy atom. The summed E-state index contributed by atoms with van der Waals surface area (Å²) in [5.74, 6) is -0.718. The van der Waals surface area contributed by atoms with E-state index in [0.29, 0.717) is 44.9 Å². The predicted octanol–water partition coefficient (Wildman–Crippen LogP) is 3.25. The third kappa shape index (κ3) is 4.16. The molecule has 2 saturated carbocycles. The zero-order valence-electron chi connectivity index (χ0n) is 18.5. The first-order valence-corrected chi connectivity index (χ1v) is 12.7. The van der Waals surface area contributed by atoms with Gasteiger partial charge >= 0.3 is 5.97 Å². The van der Waals surface area contributed by atoms with Gasteiger partial charge in [-0.05, 0) is 36.7 Å². The van der Waals surface area contributed by atoms with Crippen LogP contribution in [0.4, 0.5) is 5.69 Å². The topological polar surface area (TPSA) is 128 Å². The molecule has 4 rings (SSSR count). The van der Waals surface area contributed by atoms with Crippen molar-refractivity contribution in [2.45, 2.75) is 33.1 Å². The third-order valence-corrected chi connectivity index (χ3v) is 9.90. The van der Waals surface area contributed by atoms with Crippen LogP contribution in [0.1, 0.15) is 43.5 Å². The summed E-state index contributed by atoms with van der Waals surface area (Å²) in [7, 11) is -3.58. The van der Waals surface area contributed by atoms with E-state index in [-0.39, 0.29) is 33.4 Å². The van der Waals surface area contributed by atoms with Gasteiger partial charge in [0.2, 0.25) is 10.0 Å². The summed E-state index contributed by atoms with van der Waals surface area (Å²) in [4.78, 5) is 28.0. The Morgan fingerprint density at radius 2 is 2.06 bits per heavy atom. The first-order chi connectivity index (χ1) is 15.5. The van der Waals surface area contributed by atoms with Crippen molar-refractivity contribution in [2.24, 2.45) is 21.9 Å². The number of rotatable bonds is 6. The van der Waals surface area contributed by atoms with Gasteiger partial charge in [-0.15, -0.1) is 0 Å². The maximum Gasteiger partial charge on any atom is 0.367 e. The molecule has 1 saturated heterocycles. The number of sulfonamides is 1. The molecule has 3 aliphatic rings. The summed E-state index contributed by atoms with van der Waals surface area (Å²) in [5.41, 5.74) is -0.808. The minimum atomic E-state index is -3.58. The Kier molecular flexibility index (Phi) is 6.27. The Morgan fingerprint density at radius 3 is 2.67 bits per heavy atom. The lowest BCUT2D eigenvalue weighted by atomic mass is 9.70. The number of nitrogens with zero attached hydrogens (tertiary/aromatic N) is 3. The number of hydrogen-bond donors (Lipinski definition) is 0. The molecule has 12 heteroatoms. The molecule has 1 heterocycles. The number of hydrogen-bond acceptors (Lipinski definition) is 8. The van der Waals surface area contributed by atoms with Crippen LogP contribution < -0.4 is 0 Å². The number of fused-ring (bicyclic) bond motifs is 2. The number of nitro groups is 1. The molecule has 2 atom stereocenters. The largest absolute Gasteiger partial charge is 0.379 e. The highest BCUT2D eigenvalue weighted by Crippen LogP contribution is 2.64. The monoisotopic (exact) mass is 499 g/mol. The Bertz CT molecular complexity index is 1110. The van der Waals surface area contributed by atoms with Gasteiger partial charge in [-0.1, -0.05) is 30.6 Å². The van der Waals surface area contributed by atoms with Crippen molar-refractivity contribution < 1.29 is 27.7 Å². The van der Waals surface area contributed by atoms with E-state index in [2.05, 4.69) is 19.0 Å². The van der Waals surface area contributed by atoms with Crippen molar-refractivity contribution in [3.63, 3.8) is 0 Å². The van der Waals surface area contributed by atoms with E-state index in [1.807, 2.05) is 0 Å². The van der Waals surface area contributed by atoms with Gasteiger partial charge in [0.1, 0.15) is 0 Å². The van der Waals surface area contributed by atoms with E-state index in [0.717, 1.165) is 18.6 Å². The van der Waals surface area contributed by atoms with E-state index in [4.69, 9.17) is 21.2 Å². The van der Waals surface area contributed by atoms with Crippen LogP contribution in [0.2, 0.25) is 5.02 Å². The van der Waals surface area contributed by atoms with E-state index in [1.54, 1.807) is 0 Å². The number of ether oxygens (including phenoxy) is 1. The fourth-order valence-electron chi connectivity index (χ4n) is 5.42. The van der Waals surface area contributed by atoms with Crippen LogP contribution in [0.3, 0.4) is 0 Å². The molecule has 1 aromatic rings. The quantitative estimate of drug-likeness (QED) is 0.333. The van der Waals surface area contributed by atoms with Gasteiger partial charge in [0.15, 0.2) is 0 Å². The van der Waals surface area contributed by atoms with Crippen LogP contribution in [0, 0.1) is 26.9 Å². The molecule has 33 heavy (non-hydrogen) atoms. The third-order valence-electron chi connectivity index (χ3n) is 7.58. The van der Waals surface area contributed by atoms with Gasteiger partial charge in [-0.2, -0.15) is 4.31 Å². The van der Waals surface area contributed by atoms with Gasteiger partial charge in [0.05, 0.1) is 40.2 Å². The zero-order chi connectivity index (χ0) is 24.0. The highest BCUT2D eigenvalue weighted by molar-refractivity contribution is 7.89. The number of benzene rings is 1. The lowest BCUT2D eigenvalue weighted by molar-refractivity contribution is -0.384. The first-order valence-electron chi connectivity index (χ1n) is 10.8.